The summed E-state index contributed by atoms with van der Waals surface area (Å²) in [6.45, 7) is 1.84. The molecule has 2 aromatic rings. The molecule has 0 unspecified atom stereocenters. The first-order valence-electron chi connectivity index (χ1n) is 4.98. The standard InChI is InChI=1S/C12H11ClN2O2/c1-7-5-9(14)8(13)6-10(7)15-12(16)11-3-2-4-17-11/h2-6H,14H2,1H3,(H,15,16). The van der Waals surface area contributed by atoms with Crippen LogP contribution in [-0.2, 0) is 0 Å². The molecule has 1 amide bonds. The highest BCUT2D eigenvalue weighted by atomic mass is 35.5. The van der Waals surface area contributed by atoms with E-state index >= 15 is 0 Å². The Kier molecular flexibility index (Phi) is 3.06. The molecule has 0 fully saturated rings. The van der Waals surface area contributed by atoms with Crippen molar-refractivity contribution >= 4 is 28.9 Å². The van der Waals surface area contributed by atoms with Crippen LogP contribution in [0.2, 0.25) is 5.02 Å². The highest BCUT2D eigenvalue weighted by molar-refractivity contribution is 6.33. The van der Waals surface area contributed by atoms with Gasteiger partial charge in [-0.25, -0.2) is 0 Å². The van der Waals surface area contributed by atoms with Crippen molar-refractivity contribution in [2.75, 3.05) is 11.1 Å². The third-order valence-corrected chi connectivity index (χ3v) is 2.66. The summed E-state index contributed by atoms with van der Waals surface area (Å²) in [4.78, 5) is 11.7. The lowest BCUT2D eigenvalue weighted by Crippen LogP contribution is -2.12. The zero-order valence-corrected chi connectivity index (χ0v) is 9.91. The van der Waals surface area contributed by atoms with Gasteiger partial charge < -0.3 is 15.5 Å². The van der Waals surface area contributed by atoms with Crippen molar-refractivity contribution in [1.29, 1.82) is 0 Å². The van der Waals surface area contributed by atoms with Gasteiger partial charge in [-0.15, -0.1) is 0 Å². The second kappa shape index (κ2) is 4.51. The first-order chi connectivity index (χ1) is 8.08. The van der Waals surface area contributed by atoms with Gasteiger partial charge in [0.2, 0.25) is 0 Å². The average molecular weight is 251 g/mol. The molecule has 0 aliphatic rings. The van der Waals surface area contributed by atoms with E-state index in [1.165, 1.54) is 6.26 Å². The first-order valence-corrected chi connectivity index (χ1v) is 5.36. The molecule has 0 aliphatic heterocycles. The number of carbonyl (C=O) groups is 1. The zero-order chi connectivity index (χ0) is 12.4. The van der Waals surface area contributed by atoms with Gasteiger partial charge in [0.25, 0.3) is 5.91 Å². The van der Waals surface area contributed by atoms with E-state index in [-0.39, 0.29) is 11.7 Å². The smallest absolute Gasteiger partial charge is 0.291 e. The maximum atomic E-state index is 11.7. The molecule has 0 aliphatic carbocycles. The van der Waals surface area contributed by atoms with Crippen LogP contribution in [-0.4, -0.2) is 5.91 Å². The van der Waals surface area contributed by atoms with E-state index in [0.29, 0.717) is 16.4 Å². The molecule has 1 aromatic heterocycles. The van der Waals surface area contributed by atoms with Crippen LogP contribution < -0.4 is 11.1 Å². The molecule has 5 heteroatoms. The minimum absolute atomic E-state index is 0.248. The van der Waals surface area contributed by atoms with Gasteiger partial charge in [-0.3, -0.25) is 4.79 Å². The van der Waals surface area contributed by atoms with E-state index in [1.807, 2.05) is 6.92 Å². The van der Waals surface area contributed by atoms with E-state index in [0.717, 1.165) is 5.56 Å². The van der Waals surface area contributed by atoms with Crippen molar-refractivity contribution in [1.82, 2.24) is 0 Å². The number of carbonyl (C=O) groups excluding carboxylic acids is 1. The van der Waals surface area contributed by atoms with Crippen LogP contribution >= 0.6 is 11.6 Å². The molecule has 0 atom stereocenters. The number of amides is 1. The van der Waals surface area contributed by atoms with E-state index < -0.39 is 0 Å². The Bertz CT molecular complexity index is 550. The number of benzene rings is 1. The third-order valence-electron chi connectivity index (χ3n) is 2.34. The minimum Gasteiger partial charge on any atom is -0.459 e. The van der Waals surface area contributed by atoms with Gasteiger partial charge in [0.05, 0.1) is 17.0 Å². The number of rotatable bonds is 2. The summed E-state index contributed by atoms with van der Waals surface area (Å²) in [6, 6.07) is 6.56. The van der Waals surface area contributed by atoms with Crippen LogP contribution in [0.3, 0.4) is 0 Å². The van der Waals surface area contributed by atoms with Gasteiger partial charge >= 0.3 is 0 Å². The third kappa shape index (κ3) is 2.42. The Labute approximate surface area is 103 Å². The van der Waals surface area contributed by atoms with Crippen molar-refractivity contribution in [3.8, 4) is 0 Å². The molecule has 0 saturated heterocycles. The summed E-state index contributed by atoms with van der Waals surface area (Å²) in [5.74, 6) is -0.0729. The molecule has 0 radical (unpaired) electrons. The van der Waals surface area contributed by atoms with Crippen molar-refractivity contribution in [3.05, 3.63) is 46.9 Å². The number of nitrogens with one attached hydrogen (secondary N) is 1. The van der Waals surface area contributed by atoms with Gasteiger partial charge in [0.15, 0.2) is 5.76 Å². The average Bonchev–Trinajstić information content (AvgIpc) is 2.79. The first kappa shape index (κ1) is 11.5. The molecular weight excluding hydrogens is 240 g/mol. The highest BCUT2D eigenvalue weighted by Crippen LogP contribution is 2.27. The molecule has 0 spiro atoms. The molecule has 0 bridgehead atoms. The number of nitrogens with two attached hydrogens (primary N) is 1. The van der Waals surface area contributed by atoms with Crippen LogP contribution in [0.25, 0.3) is 0 Å². The molecule has 1 heterocycles. The summed E-state index contributed by atoms with van der Waals surface area (Å²) in [7, 11) is 0. The number of halogens is 1. The number of hydrogen-bond acceptors (Lipinski definition) is 3. The number of hydrogen-bond donors (Lipinski definition) is 2. The number of furan rings is 1. The van der Waals surface area contributed by atoms with Crippen LogP contribution in [0.4, 0.5) is 11.4 Å². The second-order valence-corrected chi connectivity index (χ2v) is 4.03. The van der Waals surface area contributed by atoms with Gasteiger partial charge in [-0.1, -0.05) is 11.6 Å². The Morgan fingerprint density at radius 2 is 2.24 bits per heavy atom. The topological polar surface area (TPSA) is 68.3 Å². The van der Waals surface area contributed by atoms with E-state index in [4.69, 9.17) is 21.8 Å². The van der Waals surface area contributed by atoms with Gasteiger partial charge in [-0.2, -0.15) is 0 Å². The molecule has 88 valence electrons. The van der Waals surface area contributed by atoms with E-state index in [2.05, 4.69) is 5.32 Å². The second-order valence-electron chi connectivity index (χ2n) is 3.62. The zero-order valence-electron chi connectivity index (χ0n) is 9.16. The lowest BCUT2D eigenvalue weighted by molar-refractivity contribution is 0.0996. The highest BCUT2D eigenvalue weighted by Gasteiger charge is 2.11. The summed E-state index contributed by atoms with van der Waals surface area (Å²) in [5, 5.41) is 3.12. The van der Waals surface area contributed by atoms with Crippen LogP contribution in [0.15, 0.2) is 34.9 Å². The van der Waals surface area contributed by atoms with Gasteiger partial charge in [0.1, 0.15) is 0 Å². The number of anilines is 2. The summed E-state index contributed by atoms with van der Waals surface area (Å²) < 4.78 is 4.99. The van der Waals surface area contributed by atoms with Gasteiger partial charge in [-0.05, 0) is 36.8 Å². The van der Waals surface area contributed by atoms with Crippen molar-refractivity contribution in [2.24, 2.45) is 0 Å². The Hall–Kier alpha value is -1.94. The summed E-state index contributed by atoms with van der Waals surface area (Å²) in [6.07, 6.45) is 1.44. The molecular formula is C12H11ClN2O2. The fraction of sp³-hybridized carbons (Fsp3) is 0.0833. The fourth-order valence-electron chi connectivity index (χ4n) is 1.43. The van der Waals surface area contributed by atoms with Crippen LogP contribution in [0, 0.1) is 6.92 Å². The van der Waals surface area contributed by atoms with Crippen molar-refractivity contribution in [2.45, 2.75) is 6.92 Å². The molecule has 1 aromatic carbocycles. The summed E-state index contributed by atoms with van der Waals surface area (Å²) >= 11 is 5.89. The molecule has 4 nitrogen and oxygen atoms in total. The molecule has 17 heavy (non-hydrogen) atoms. The number of nitrogen functional groups attached to an aromatic ring is 1. The lowest BCUT2D eigenvalue weighted by Gasteiger charge is -2.09. The fourth-order valence-corrected chi connectivity index (χ4v) is 1.59. The predicted molar refractivity (Wildman–Crippen MR) is 67.3 cm³/mol. The Morgan fingerprint density at radius 3 is 2.88 bits per heavy atom. The van der Waals surface area contributed by atoms with Crippen molar-refractivity contribution < 1.29 is 9.21 Å². The predicted octanol–water partition coefficient (Wildman–Crippen LogP) is 3.08. The largest absolute Gasteiger partial charge is 0.459 e. The lowest BCUT2D eigenvalue weighted by atomic mass is 10.1. The molecule has 3 N–H and O–H groups in total. The van der Waals surface area contributed by atoms with Crippen LogP contribution in [0.1, 0.15) is 16.1 Å². The van der Waals surface area contributed by atoms with Gasteiger partial charge in [0, 0.05) is 5.69 Å². The van der Waals surface area contributed by atoms with Crippen molar-refractivity contribution in [3.63, 3.8) is 0 Å². The van der Waals surface area contributed by atoms with Crippen LogP contribution in [0.5, 0.6) is 0 Å². The minimum atomic E-state index is -0.320. The Morgan fingerprint density at radius 1 is 1.47 bits per heavy atom. The maximum Gasteiger partial charge on any atom is 0.291 e. The maximum absolute atomic E-state index is 11.7. The monoisotopic (exact) mass is 250 g/mol. The van der Waals surface area contributed by atoms with E-state index in [1.54, 1.807) is 24.3 Å². The van der Waals surface area contributed by atoms with E-state index in [9.17, 15) is 4.79 Å². The molecule has 0 saturated carbocycles. The normalized spacial score (nSPS) is 10.2. The Balaban J connectivity index is 2.25. The molecule has 2 rings (SSSR count). The quantitative estimate of drug-likeness (QED) is 0.805. The summed E-state index contributed by atoms with van der Waals surface area (Å²) in [5.41, 5.74) is 7.59. The number of aryl methyl sites for hydroxylation is 1. The SMILES string of the molecule is Cc1cc(N)c(Cl)cc1NC(=O)c1ccco1.